The van der Waals surface area contributed by atoms with Crippen molar-refractivity contribution in [3.8, 4) is 0 Å². The highest BCUT2D eigenvalue weighted by Gasteiger charge is 2.11. The van der Waals surface area contributed by atoms with Crippen molar-refractivity contribution in [3.63, 3.8) is 0 Å². The lowest BCUT2D eigenvalue weighted by atomic mass is 10.1. The summed E-state index contributed by atoms with van der Waals surface area (Å²) in [6.07, 6.45) is 4.05. The van der Waals surface area contributed by atoms with Gasteiger partial charge in [-0.1, -0.05) is 6.42 Å². The molecule has 0 amide bonds. The zero-order chi connectivity index (χ0) is 11.7. The summed E-state index contributed by atoms with van der Waals surface area (Å²) in [6.45, 7) is 5.45. The number of likely N-dealkylation sites (tertiary alicyclic amines) is 1. The Kier molecular flexibility index (Phi) is 3.07. The first-order valence-electron chi connectivity index (χ1n) is 6.27. The van der Waals surface area contributed by atoms with Crippen LogP contribution < -0.4 is 0 Å². The maximum atomic E-state index is 4.65. The minimum atomic E-state index is 0.919. The van der Waals surface area contributed by atoms with E-state index in [1.54, 1.807) is 11.3 Å². The molecule has 3 heterocycles. The van der Waals surface area contributed by atoms with Crippen LogP contribution in [0.2, 0.25) is 0 Å². The summed E-state index contributed by atoms with van der Waals surface area (Å²) in [4.78, 5) is 11.6. The maximum Gasteiger partial charge on any atom is 0.170 e. The van der Waals surface area contributed by atoms with E-state index >= 15 is 0 Å². The summed E-state index contributed by atoms with van der Waals surface area (Å²) in [7, 11) is 0. The number of thiazole rings is 1. The summed E-state index contributed by atoms with van der Waals surface area (Å²) in [6, 6.07) is 4.31. The van der Waals surface area contributed by atoms with Crippen LogP contribution in [0.4, 0.5) is 0 Å². The maximum absolute atomic E-state index is 4.65. The molecule has 1 fully saturated rings. The Hall–Kier alpha value is -1.00. The van der Waals surface area contributed by atoms with Crippen molar-refractivity contribution >= 4 is 21.7 Å². The average Bonchev–Trinajstić information content (AvgIpc) is 2.70. The van der Waals surface area contributed by atoms with Crippen LogP contribution in [0, 0.1) is 6.92 Å². The van der Waals surface area contributed by atoms with E-state index < -0.39 is 0 Å². The molecule has 0 aliphatic carbocycles. The van der Waals surface area contributed by atoms with Crippen molar-refractivity contribution in [3.05, 3.63) is 22.8 Å². The molecule has 0 unspecified atom stereocenters. The van der Waals surface area contributed by atoms with Gasteiger partial charge >= 0.3 is 0 Å². The molecule has 1 aliphatic heterocycles. The lowest BCUT2D eigenvalue weighted by Gasteiger charge is -2.25. The van der Waals surface area contributed by atoms with E-state index in [0.717, 1.165) is 22.9 Å². The molecule has 90 valence electrons. The van der Waals surface area contributed by atoms with E-state index in [4.69, 9.17) is 0 Å². The Labute approximate surface area is 106 Å². The van der Waals surface area contributed by atoms with Gasteiger partial charge in [0.25, 0.3) is 0 Å². The first-order valence-corrected chi connectivity index (χ1v) is 7.08. The van der Waals surface area contributed by atoms with Gasteiger partial charge in [0.2, 0.25) is 0 Å². The molecule has 2 aromatic heterocycles. The number of aromatic nitrogens is 2. The standard InChI is InChI=1S/C13H17N3S/c1-10-14-13-12(17-10)6-5-11(15-13)9-16-7-3-2-4-8-16/h5-6H,2-4,7-9H2,1H3. The quantitative estimate of drug-likeness (QED) is 0.817. The predicted molar refractivity (Wildman–Crippen MR) is 71.3 cm³/mol. The second-order valence-corrected chi connectivity index (χ2v) is 5.93. The van der Waals surface area contributed by atoms with Crippen molar-refractivity contribution in [1.29, 1.82) is 0 Å². The summed E-state index contributed by atoms with van der Waals surface area (Å²) >= 11 is 1.72. The van der Waals surface area contributed by atoms with Crippen molar-refractivity contribution in [2.75, 3.05) is 13.1 Å². The third-order valence-electron chi connectivity index (χ3n) is 3.25. The SMILES string of the molecule is Cc1nc2nc(CN3CCCCC3)ccc2s1. The molecule has 0 spiro atoms. The molecule has 4 heteroatoms. The van der Waals surface area contributed by atoms with Gasteiger partial charge in [0.1, 0.15) is 0 Å². The van der Waals surface area contributed by atoms with Crippen LogP contribution in [-0.2, 0) is 6.54 Å². The fourth-order valence-electron chi connectivity index (χ4n) is 2.40. The average molecular weight is 247 g/mol. The van der Waals surface area contributed by atoms with E-state index in [1.807, 2.05) is 6.92 Å². The molecule has 17 heavy (non-hydrogen) atoms. The van der Waals surface area contributed by atoms with Crippen LogP contribution in [0.25, 0.3) is 10.3 Å². The van der Waals surface area contributed by atoms with Crippen LogP contribution in [0.3, 0.4) is 0 Å². The number of piperidine rings is 1. The fraction of sp³-hybridized carbons (Fsp3) is 0.538. The second kappa shape index (κ2) is 4.70. The lowest BCUT2D eigenvalue weighted by Crippen LogP contribution is -2.29. The zero-order valence-electron chi connectivity index (χ0n) is 10.1. The van der Waals surface area contributed by atoms with Gasteiger partial charge in [-0.15, -0.1) is 11.3 Å². The lowest BCUT2D eigenvalue weighted by molar-refractivity contribution is 0.219. The van der Waals surface area contributed by atoms with Gasteiger partial charge < -0.3 is 0 Å². The van der Waals surface area contributed by atoms with Crippen molar-refractivity contribution < 1.29 is 0 Å². The van der Waals surface area contributed by atoms with Gasteiger partial charge in [-0.2, -0.15) is 0 Å². The zero-order valence-corrected chi connectivity index (χ0v) is 11.0. The van der Waals surface area contributed by atoms with Crippen molar-refractivity contribution in [1.82, 2.24) is 14.9 Å². The van der Waals surface area contributed by atoms with Gasteiger partial charge in [-0.3, -0.25) is 4.90 Å². The molecule has 0 saturated carbocycles. The fourth-order valence-corrected chi connectivity index (χ4v) is 3.17. The first kappa shape index (κ1) is 11.1. The highest BCUT2D eigenvalue weighted by atomic mass is 32.1. The number of hydrogen-bond donors (Lipinski definition) is 0. The van der Waals surface area contributed by atoms with Crippen LogP contribution in [-0.4, -0.2) is 28.0 Å². The number of rotatable bonds is 2. The molecule has 1 aliphatic rings. The Bertz CT molecular complexity index is 514. The molecule has 0 atom stereocenters. The molecule has 0 radical (unpaired) electrons. The molecular formula is C13H17N3S. The predicted octanol–water partition coefficient (Wildman–Crippen LogP) is 2.99. The van der Waals surface area contributed by atoms with Crippen LogP contribution in [0.5, 0.6) is 0 Å². The molecule has 0 N–H and O–H groups in total. The molecule has 0 aromatic carbocycles. The topological polar surface area (TPSA) is 29.0 Å². The second-order valence-electron chi connectivity index (χ2n) is 4.69. The van der Waals surface area contributed by atoms with Crippen LogP contribution in [0.1, 0.15) is 30.0 Å². The van der Waals surface area contributed by atoms with Gasteiger partial charge in [-0.05, 0) is 45.0 Å². The Morgan fingerprint density at radius 2 is 2.00 bits per heavy atom. The van der Waals surface area contributed by atoms with E-state index in [-0.39, 0.29) is 0 Å². The molecule has 3 rings (SSSR count). The minimum absolute atomic E-state index is 0.919. The molecule has 3 nitrogen and oxygen atoms in total. The van der Waals surface area contributed by atoms with E-state index in [1.165, 1.54) is 37.1 Å². The van der Waals surface area contributed by atoms with Gasteiger partial charge in [0.15, 0.2) is 5.65 Å². The molecule has 1 saturated heterocycles. The third kappa shape index (κ3) is 2.48. The Morgan fingerprint density at radius 1 is 1.18 bits per heavy atom. The minimum Gasteiger partial charge on any atom is -0.298 e. The smallest absolute Gasteiger partial charge is 0.170 e. The summed E-state index contributed by atoms with van der Waals surface area (Å²) in [5, 5.41) is 1.10. The molecule has 2 aromatic rings. The monoisotopic (exact) mass is 247 g/mol. The van der Waals surface area contributed by atoms with E-state index in [9.17, 15) is 0 Å². The van der Waals surface area contributed by atoms with Crippen molar-refractivity contribution in [2.45, 2.75) is 32.7 Å². The van der Waals surface area contributed by atoms with Crippen LogP contribution >= 0.6 is 11.3 Å². The highest BCUT2D eigenvalue weighted by Crippen LogP contribution is 2.20. The van der Waals surface area contributed by atoms with Gasteiger partial charge in [0, 0.05) is 6.54 Å². The first-order chi connectivity index (χ1) is 8.31. The summed E-state index contributed by atoms with van der Waals surface area (Å²) in [5.41, 5.74) is 2.08. The van der Waals surface area contributed by atoms with Crippen molar-refractivity contribution in [2.24, 2.45) is 0 Å². The summed E-state index contributed by atoms with van der Waals surface area (Å²) < 4.78 is 1.20. The number of fused-ring (bicyclic) bond motifs is 1. The van der Waals surface area contributed by atoms with E-state index in [2.05, 4.69) is 27.0 Å². The third-order valence-corrected chi connectivity index (χ3v) is 4.18. The number of aryl methyl sites for hydroxylation is 1. The van der Waals surface area contributed by atoms with Crippen LogP contribution in [0.15, 0.2) is 12.1 Å². The number of hydrogen-bond acceptors (Lipinski definition) is 4. The Balaban J connectivity index is 1.79. The largest absolute Gasteiger partial charge is 0.298 e. The number of nitrogens with zero attached hydrogens (tertiary/aromatic N) is 3. The van der Waals surface area contributed by atoms with Gasteiger partial charge in [-0.25, -0.2) is 9.97 Å². The number of pyridine rings is 1. The summed E-state index contributed by atoms with van der Waals surface area (Å²) in [5.74, 6) is 0. The molecular weight excluding hydrogens is 230 g/mol. The van der Waals surface area contributed by atoms with E-state index in [0.29, 0.717) is 0 Å². The normalized spacial score (nSPS) is 17.7. The highest BCUT2D eigenvalue weighted by molar-refractivity contribution is 7.18. The Morgan fingerprint density at radius 3 is 2.82 bits per heavy atom. The van der Waals surface area contributed by atoms with Gasteiger partial charge in [0.05, 0.1) is 15.4 Å². The molecule has 0 bridgehead atoms.